The molecule has 0 bridgehead atoms. The van der Waals surface area contributed by atoms with E-state index in [-0.39, 0.29) is 0 Å². The van der Waals surface area contributed by atoms with Crippen LogP contribution in [0.5, 0.6) is 0 Å². The highest BCUT2D eigenvalue weighted by atomic mass is 79.9. The van der Waals surface area contributed by atoms with Crippen LogP contribution in [0.25, 0.3) is 0 Å². The normalized spacial score (nSPS) is 15.0. The lowest BCUT2D eigenvalue weighted by atomic mass is 10.2. The molecule has 1 heterocycles. The maximum atomic E-state index is 4.76. The van der Waals surface area contributed by atoms with E-state index in [1.807, 2.05) is 11.8 Å². The monoisotopic (exact) mass is 343 g/mol. The van der Waals surface area contributed by atoms with E-state index in [2.05, 4.69) is 47.0 Å². The average molecular weight is 344 g/mol. The summed E-state index contributed by atoms with van der Waals surface area (Å²) >= 11 is 5.57. The number of aromatic nitrogens is 2. The van der Waals surface area contributed by atoms with E-state index in [1.165, 1.54) is 18.5 Å². The van der Waals surface area contributed by atoms with Gasteiger partial charge in [-0.3, -0.25) is 0 Å². The summed E-state index contributed by atoms with van der Waals surface area (Å²) < 4.78 is 1.06. The fourth-order valence-electron chi connectivity index (χ4n) is 1.87. The molecular formula is C14H22BrN3S. The second kappa shape index (κ2) is 6.93. The van der Waals surface area contributed by atoms with Crippen LogP contribution < -0.4 is 5.32 Å². The zero-order valence-electron chi connectivity index (χ0n) is 11.9. The van der Waals surface area contributed by atoms with Crippen LogP contribution in [0.15, 0.2) is 4.47 Å². The number of rotatable bonds is 7. The Morgan fingerprint density at radius 2 is 2.11 bits per heavy atom. The molecule has 1 aliphatic rings. The van der Waals surface area contributed by atoms with Gasteiger partial charge in [-0.05, 0) is 47.4 Å². The Kier molecular flexibility index (Phi) is 5.51. The number of nitrogens with one attached hydrogen (secondary N) is 1. The van der Waals surface area contributed by atoms with Crippen molar-refractivity contribution in [1.82, 2.24) is 9.97 Å². The molecule has 0 amide bonds. The summed E-state index contributed by atoms with van der Waals surface area (Å²) in [4.78, 5) is 9.40. The van der Waals surface area contributed by atoms with E-state index < -0.39 is 0 Å². The molecule has 1 fully saturated rings. The van der Waals surface area contributed by atoms with Crippen molar-refractivity contribution in [2.24, 2.45) is 5.92 Å². The summed E-state index contributed by atoms with van der Waals surface area (Å²) in [7, 11) is 0. The minimum atomic E-state index is 0.642. The van der Waals surface area contributed by atoms with Gasteiger partial charge in [0, 0.05) is 12.5 Å². The second-order valence-corrected chi connectivity index (χ2v) is 7.22. The predicted octanol–water partition coefficient (Wildman–Crippen LogP) is 4.44. The Morgan fingerprint density at radius 3 is 2.68 bits per heavy atom. The first-order chi connectivity index (χ1) is 9.11. The van der Waals surface area contributed by atoms with Gasteiger partial charge in [-0.1, -0.05) is 13.8 Å². The fourth-order valence-corrected chi connectivity index (χ4v) is 3.42. The van der Waals surface area contributed by atoms with Gasteiger partial charge in [0.1, 0.15) is 11.6 Å². The first-order valence-corrected chi connectivity index (χ1v) is 8.94. The van der Waals surface area contributed by atoms with Crippen molar-refractivity contribution in [2.45, 2.75) is 45.3 Å². The molecule has 0 aromatic carbocycles. The third kappa shape index (κ3) is 4.35. The third-order valence-electron chi connectivity index (χ3n) is 2.91. The van der Waals surface area contributed by atoms with E-state index in [1.54, 1.807) is 0 Å². The quantitative estimate of drug-likeness (QED) is 0.794. The zero-order valence-corrected chi connectivity index (χ0v) is 14.3. The number of halogens is 1. The molecule has 0 radical (unpaired) electrons. The Bertz CT molecular complexity index is 433. The SMILES string of the molecule is CCNc1nc(CSCC(C)C)nc(C2CC2)c1Br. The van der Waals surface area contributed by atoms with Gasteiger partial charge in [0.05, 0.1) is 15.9 Å². The van der Waals surface area contributed by atoms with Crippen molar-refractivity contribution in [3.8, 4) is 0 Å². The minimum absolute atomic E-state index is 0.642. The van der Waals surface area contributed by atoms with Gasteiger partial charge in [0.15, 0.2) is 0 Å². The van der Waals surface area contributed by atoms with Crippen LogP contribution in [0.3, 0.4) is 0 Å². The summed E-state index contributed by atoms with van der Waals surface area (Å²) in [6.07, 6.45) is 2.53. The maximum Gasteiger partial charge on any atom is 0.144 e. The molecule has 106 valence electrons. The molecule has 0 spiro atoms. The van der Waals surface area contributed by atoms with Crippen LogP contribution in [0, 0.1) is 5.92 Å². The highest BCUT2D eigenvalue weighted by Crippen LogP contribution is 2.43. The highest BCUT2D eigenvalue weighted by molar-refractivity contribution is 9.10. The molecule has 0 aliphatic heterocycles. The van der Waals surface area contributed by atoms with Crippen molar-refractivity contribution in [2.75, 3.05) is 17.6 Å². The molecule has 1 saturated carbocycles. The van der Waals surface area contributed by atoms with E-state index >= 15 is 0 Å². The van der Waals surface area contributed by atoms with Gasteiger partial charge < -0.3 is 5.32 Å². The summed E-state index contributed by atoms with van der Waals surface area (Å²) in [6.45, 7) is 7.47. The maximum absolute atomic E-state index is 4.76. The lowest BCUT2D eigenvalue weighted by molar-refractivity contribution is 0.749. The van der Waals surface area contributed by atoms with E-state index in [4.69, 9.17) is 4.98 Å². The summed E-state index contributed by atoms with van der Waals surface area (Å²) in [5.41, 5.74) is 1.20. The molecule has 2 rings (SSSR count). The topological polar surface area (TPSA) is 37.8 Å². The number of thioether (sulfide) groups is 1. The molecule has 1 aromatic rings. The number of anilines is 1. The van der Waals surface area contributed by atoms with Crippen LogP contribution in [0.1, 0.15) is 51.0 Å². The number of hydrogen-bond donors (Lipinski definition) is 1. The molecule has 0 unspecified atom stereocenters. The predicted molar refractivity (Wildman–Crippen MR) is 86.9 cm³/mol. The van der Waals surface area contributed by atoms with E-state index in [0.29, 0.717) is 5.92 Å². The lowest BCUT2D eigenvalue weighted by Crippen LogP contribution is -2.07. The third-order valence-corrected chi connectivity index (χ3v) is 5.06. The summed E-state index contributed by atoms with van der Waals surface area (Å²) in [5.74, 6) is 5.35. The Hall–Kier alpha value is -0.290. The minimum Gasteiger partial charge on any atom is -0.369 e. The van der Waals surface area contributed by atoms with Gasteiger partial charge in [-0.15, -0.1) is 0 Å². The van der Waals surface area contributed by atoms with Gasteiger partial charge >= 0.3 is 0 Å². The highest BCUT2D eigenvalue weighted by Gasteiger charge is 2.29. The first-order valence-electron chi connectivity index (χ1n) is 6.99. The van der Waals surface area contributed by atoms with Crippen molar-refractivity contribution in [1.29, 1.82) is 0 Å². The molecule has 1 N–H and O–H groups in total. The molecule has 19 heavy (non-hydrogen) atoms. The van der Waals surface area contributed by atoms with Crippen LogP contribution in [-0.2, 0) is 5.75 Å². The van der Waals surface area contributed by atoms with Crippen LogP contribution >= 0.6 is 27.7 Å². The Labute approximate surface area is 128 Å². The Balaban J connectivity index is 2.13. The van der Waals surface area contributed by atoms with Crippen LogP contribution in [-0.4, -0.2) is 22.3 Å². The standard InChI is InChI=1S/C14H22BrN3S/c1-4-16-14-12(15)13(10-5-6-10)17-11(18-14)8-19-7-9(2)3/h9-10H,4-8H2,1-3H3,(H,16,17,18). The van der Waals surface area contributed by atoms with Gasteiger partial charge in [-0.25, -0.2) is 9.97 Å². The number of hydrogen-bond acceptors (Lipinski definition) is 4. The molecule has 0 atom stereocenters. The summed E-state index contributed by atoms with van der Waals surface area (Å²) in [6, 6.07) is 0. The fraction of sp³-hybridized carbons (Fsp3) is 0.714. The lowest BCUT2D eigenvalue weighted by Gasteiger charge is -2.12. The molecule has 1 aromatic heterocycles. The zero-order chi connectivity index (χ0) is 13.8. The van der Waals surface area contributed by atoms with Gasteiger partial charge in [0.2, 0.25) is 0 Å². The second-order valence-electron chi connectivity index (χ2n) is 5.40. The number of nitrogens with zero attached hydrogens (tertiary/aromatic N) is 2. The first kappa shape index (κ1) is 15.1. The van der Waals surface area contributed by atoms with Crippen LogP contribution in [0.4, 0.5) is 5.82 Å². The van der Waals surface area contributed by atoms with Crippen molar-refractivity contribution in [3.63, 3.8) is 0 Å². The molecule has 1 aliphatic carbocycles. The molecule has 0 saturated heterocycles. The van der Waals surface area contributed by atoms with Crippen molar-refractivity contribution < 1.29 is 0 Å². The molecule has 5 heteroatoms. The van der Waals surface area contributed by atoms with Gasteiger partial charge in [0.25, 0.3) is 0 Å². The largest absolute Gasteiger partial charge is 0.369 e. The van der Waals surface area contributed by atoms with Gasteiger partial charge in [-0.2, -0.15) is 11.8 Å². The average Bonchev–Trinajstić information content (AvgIpc) is 3.17. The van der Waals surface area contributed by atoms with Crippen molar-refractivity contribution in [3.05, 3.63) is 16.0 Å². The Morgan fingerprint density at radius 1 is 1.37 bits per heavy atom. The molecular weight excluding hydrogens is 322 g/mol. The van der Waals surface area contributed by atoms with E-state index in [0.717, 1.165) is 40.1 Å². The molecule has 3 nitrogen and oxygen atoms in total. The smallest absolute Gasteiger partial charge is 0.144 e. The van der Waals surface area contributed by atoms with Crippen molar-refractivity contribution >= 4 is 33.5 Å². The van der Waals surface area contributed by atoms with Crippen LogP contribution in [0.2, 0.25) is 0 Å². The summed E-state index contributed by atoms with van der Waals surface area (Å²) in [5, 5.41) is 3.33. The van der Waals surface area contributed by atoms with E-state index in [9.17, 15) is 0 Å².